The minimum absolute atomic E-state index is 0.221. The third kappa shape index (κ3) is 3.66. The van der Waals surface area contributed by atoms with Crippen molar-refractivity contribution in [1.82, 2.24) is 4.31 Å². The number of anilines is 1. The molecule has 0 radical (unpaired) electrons. The lowest BCUT2D eigenvalue weighted by Gasteiger charge is -2.25. The number of thiophene rings is 1. The maximum absolute atomic E-state index is 12.9. The van der Waals surface area contributed by atoms with Gasteiger partial charge in [-0.25, -0.2) is 12.8 Å². The normalized spacial score (nSPS) is 16.0. The first kappa shape index (κ1) is 17.1. The number of halogens is 1. The van der Waals surface area contributed by atoms with Crippen molar-refractivity contribution < 1.29 is 17.6 Å². The zero-order valence-electron chi connectivity index (χ0n) is 12.9. The summed E-state index contributed by atoms with van der Waals surface area (Å²) in [5, 5.41) is 3.09. The number of benzene rings is 1. The van der Waals surface area contributed by atoms with Crippen LogP contribution >= 0.6 is 11.3 Å². The van der Waals surface area contributed by atoms with Crippen LogP contribution in [0.4, 0.5) is 9.39 Å². The summed E-state index contributed by atoms with van der Waals surface area (Å²) in [7, 11) is -3.50. The van der Waals surface area contributed by atoms with Gasteiger partial charge in [0.1, 0.15) is 10.0 Å². The van der Waals surface area contributed by atoms with Crippen LogP contribution in [-0.2, 0) is 10.0 Å². The molecule has 8 heteroatoms. The quantitative estimate of drug-likeness (QED) is 0.900. The van der Waals surface area contributed by atoms with Crippen LogP contribution in [0.5, 0.6) is 0 Å². The number of carbonyl (C=O) groups is 1. The molecule has 0 spiro atoms. The molecule has 1 aliphatic heterocycles. The molecule has 24 heavy (non-hydrogen) atoms. The third-order valence-electron chi connectivity index (χ3n) is 3.83. The highest BCUT2D eigenvalue weighted by Crippen LogP contribution is 2.30. The molecular formula is C16H17FN2O3S2. The highest BCUT2D eigenvalue weighted by Gasteiger charge is 2.27. The van der Waals surface area contributed by atoms with E-state index in [2.05, 4.69) is 5.32 Å². The Labute approximate surface area is 144 Å². The Morgan fingerprint density at radius 2 is 1.71 bits per heavy atom. The summed E-state index contributed by atoms with van der Waals surface area (Å²) in [5.74, 6) is -0.823. The SMILES string of the molecule is O=C(Nc1ccc(S(=O)(=O)N2CCCCC2)s1)c1ccc(F)cc1. The number of carbonyl (C=O) groups excluding carboxylic acids is 1. The second-order valence-electron chi connectivity index (χ2n) is 5.54. The number of nitrogens with zero attached hydrogens (tertiary/aromatic N) is 1. The van der Waals surface area contributed by atoms with Crippen molar-refractivity contribution in [2.75, 3.05) is 18.4 Å². The van der Waals surface area contributed by atoms with E-state index in [9.17, 15) is 17.6 Å². The molecule has 128 valence electrons. The van der Waals surface area contributed by atoms with Gasteiger partial charge in [-0.2, -0.15) is 4.31 Å². The van der Waals surface area contributed by atoms with Crippen molar-refractivity contribution in [3.05, 3.63) is 47.8 Å². The molecule has 0 saturated carbocycles. The van der Waals surface area contributed by atoms with Crippen LogP contribution in [-0.4, -0.2) is 31.7 Å². The van der Waals surface area contributed by atoms with Gasteiger partial charge in [-0.3, -0.25) is 4.79 Å². The van der Waals surface area contributed by atoms with Gasteiger partial charge in [0.25, 0.3) is 15.9 Å². The number of amides is 1. The van der Waals surface area contributed by atoms with Gasteiger partial charge in [-0.1, -0.05) is 6.42 Å². The van der Waals surface area contributed by atoms with Crippen molar-refractivity contribution in [3.63, 3.8) is 0 Å². The molecule has 0 bridgehead atoms. The Kier molecular flexibility index (Phi) is 4.98. The lowest BCUT2D eigenvalue weighted by atomic mass is 10.2. The number of hydrogen-bond donors (Lipinski definition) is 1. The van der Waals surface area contributed by atoms with Crippen molar-refractivity contribution >= 4 is 32.3 Å². The summed E-state index contributed by atoms with van der Waals surface area (Å²) in [6.07, 6.45) is 2.80. The van der Waals surface area contributed by atoms with E-state index in [0.29, 0.717) is 23.7 Å². The molecule has 0 aliphatic carbocycles. The highest BCUT2D eigenvalue weighted by molar-refractivity contribution is 7.91. The molecule has 0 atom stereocenters. The first-order chi connectivity index (χ1) is 11.5. The summed E-state index contributed by atoms with van der Waals surface area (Å²) in [6.45, 7) is 1.08. The van der Waals surface area contributed by atoms with E-state index >= 15 is 0 Å². The molecule has 0 unspecified atom stereocenters. The van der Waals surface area contributed by atoms with E-state index < -0.39 is 21.7 Å². The molecule has 1 fully saturated rings. The summed E-state index contributed by atoms with van der Waals surface area (Å²) >= 11 is 1.02. The predicted octanol–water partition coefficient (Wildman–Crippen LogP) is 3.31. The molecule has 1 saturated heterocycles. The van der Waals surface area contributed by atoms with Crippen LogP contribution in [0.25, 0.3) is 0 Å². The largest absolute Gasteiger partial charge is 0.314 e. The summed E-state index contributed by atoms with van der Waals surface area (Å²) in [5.41, 5.74) is 0.310. The van der Waals surface area contributed by atoms with Crippen molar-refractivity contribution in [3.8, 4) is 0 Å². The minimum atomic E-state index is -3.50. The van der Waals surface area contributed by atoms with E-state index in [-0.39, 0.29) is 4.21 Å². The molecule has 1 aromatic carbocycles. The maximum Gasteiger partial charge on any atom is 0.256 e. The molecule has 5 nitrogen and oxygen atoms in total. The summed E-state index contributed by atoms with van der Waals surface area (Å²) < 4.78 is 39.8. The smallest absolute Gasteiger partial charge is 0.256 e. The van der Waals surface area contributed by atoms with E-state index in [1.54, 1.807) is 6.07 Å². The lowest BCUT2D eigenvalue weighted by molar-refractivity contribution is 0.102. The maximum atomic E-state index is 12.9. The molecule has 1 aromatic heterocycles. The number of nitrogens with one attached hydrogen (secondary N) is 1. The molecule has 2 heterocycles. The molecule has 1 N–H and O–H groups in total. The minimum Gasteiger partial charge on any atom is -0.314 e. The van der Waals surface area contributed by atoms with E-state index in [1.165, 1.54) is 34.6 Å². The van der Waals surface area contributed by atoms with Gasteiger partial charge in [-0.05, 0) is 49.2 Å². The predicted molar refractivity (Wildman–Crippen MR) is 91.3 cm³/mol. The van der Waals surface area contributed by atoms with Gasteiger partial charge >= 0.3 is 0 Å². The van der Waals surface area contributed by atoms with E-state index in [0.717, 1.165) is 30.6 Å². The van der Waals surface area contributed by atoms with Gasteiger partial charge in [0, 0.05) is 18.7 Å². The molecule has 1 amide bonds. The Morgan fingerprint density at radius 1 is 1.04 bits per heavy atom. The topological polar surface area (TPSA) is 66.5 Å². The van der Waals surface area contributed by atoms with Gasteiger partial charge in [-0.15, -0.1) is 11.3 Å². The lowest BCUT2D eigenvalue weighted by Crippen LogP contribution is -2.35. The zero-order valence-corrected chi connectivity index (χ0v) is 14.5. The van der Waals surface area contributed by atoms with Crippen LogP contribution < -0.4 is 5.32 Å². The fraction of sp³-hybridized carbons (Fsp3) is 0.312. The summed E-state index contributed by atoms with van der Waals surface area (Å²) in [4.78, 5) is 12.1. The number of sulfonamides is 1. The molecular weight excluding hydrogens is 351 g/mol. The second kappa shape index (κ2) is 7.00. The summed E-state index contributed by atoms with van der Waals surface area (Å²) in [6, 6.07) is 8.25. The van der Waals surface area contributed by atoms with Crippen LogP contribution in [0.2, 0.25) is 0 Å². The van der Waals surface area contributed by atoms with E-state index in [1.807, 2.05) is 0 Å². The van der Waals surface area contributed by atoms with Crippen molar-refractivity contribution in [2.24, 2.45) is 0 Å². The van der Waals surface area contributed by atoms with Crippen LogP contribution in [0, 0.1) is 5.82 Å². The van der Waals surface area contributed by atoms with Crippen LogP contribution in [0.1, 0.15) is 29.6 Å². The Morgan fingerprint density at radius 3 is 2.38 bits per heavy atom. The Balaban J connectivity index is 1.73. The first-order valence-corrected chi connectivity index (χ1v) is 9.89. The van der Waals surface area contributed by atoms with Gasteiger partial charge in [0.05, 0.1) is 5.00 Å². The third-order valence-corrected chi connectivity index (χ3v) is 7.20. The number of hydrogen-bond acceptors (Lipinski definition) is 4. The second-order valence-corrected chi connectivity index (χ2v) is 8.79. The van der Waals surface area contributed by atoms with Gasteiger partial charge in [0.15, 0.2) is 0 Å². The Bertz CT molecular complexity index is 825. The standard InChI is InChI=1S/C16H17FN2O3S2/c17-13-6-4-12(5-7-13)16(20)18-14-8-9-15(23-14)24(21,22)19-10-2-1-3-11-19/h4-9H,1-3,10-11H2,(H,18,20). The van der Waals surface area contributed by atoms with Gasteiger partial charge < -0.3 is 5.32 Å². The highest BCUT2D eigenvalue weighted by atomic mass is 32.2. The van der Waals surface area contributed by atoms with Gasteiger partial charge in [0.2, 0.25) is 0 Å². The Hall–Kier alpha value is -1.77. The fourth-order valence-electron chi connectivity index (χ4n) is 2.54. The fourth-order valence-corrected chi connectivity index (χ4v) is 5.42. The van der Waals surface area contributed by atoms with Crippen LogP contribution in [0.3, 0.4) is 0 Å². The first-order valence-electron chi connectivity index (χ1n) is 7.64. The zero-order chi connectivity index (χ0) is 17.2. The van der Waals surface area contributed by atoms with Crippen LogP contribution in [0.15, 0.2) is 40.6 Å². The monoisotopic (exact) mass is 368 g/mol. The molecule has 1 aliphatic rings. The molecule has 2 aromatic rings. The number of rotatable bonds is 4. The van der Waals surface area contributed by atoms with Crippen molar-refractivity contribution in [2.45, 2.75) is 23.5 Å². The van der Waals surface area contributed by atoms with E-state index in [4.69, 9.17) is 0 Å². The number of piperidine rings is 1. The average Bonchev–Trinajstić information content (AvgIpc) is 3.05. The molecule has 3 rings (SSSR count). The average molecular weight is 368 g/mol. The van der Waals surface area contributed by atoms with Crippen molar-refractivity contribution in [1.29, 1.82) is 0 Å².